The lowest BCUT2D eigenvalue weighted by atomic mass is 10.0. The molecule has 0 aliphatic rings. The molecule has 0 amide bonds. The van der Waals surface area contributed by atoms with Crippen molar-refractivity contribution in [3.05, 3.63) is 59.1 Å². The van der Waals surface area contributed by atoms with E-state index in [1.165, 1.54) is 6.20 Å². The fourth-order valence-electron chi connectivity index (χ4n) is 2.78. The fraction of sp³-hybridized carbons (Fsp3) is 0.368. The average molecular weight is 413 g/mol. The summed E-state index contributed by atoms with van der Waals surface area (Å²) in [4.78, 5) is 12.1. The molecule has 29 heavy (non-hydrogen) atoms. The first-order chi connectivity index (χ1) is 13.2. The molecule has 0 fully saturated rings. The lowest BCUT2D eigenvalue weighted by molar-refractivity contribution is -0.134. The molecule has 10 heteroatoms. The fourth-order valence-corrected chi connectivity index (χ4v) is 2.78. The molecule has 0 saturated heterocycles. The monoisotopic (exact) mass is 413 g/mol. The van der Waals surface area contributed by atoms with Gasteiger partial charge >= 0.3 is 6.18 Å². The van der Waals surface area contributed by atoms with Crippen molar-refractivity contribution in [1.29, 1.82) is 0 Å². The van der Waals surface area contributed by atoms with E-state index in [4.69, 9.17) is 0 Å². The van der Waals surface area contributed by atoms with Crippen LogP contribution in [-0.4, -0.2) is 30.7 Å². The van der Waals surface area contributed by atoms with Crippen LogP contribution in [0.5, 0.6) is 0 Å². The molecule has 0 unspecified atom stereocenters. The number of hydrogen-bond acceptors (Lipinski definition) is 4. The second kappa shape index (κ2) is 8.62. The predicted molar refractivity (Wildman–Crippen MR) is 98.6 cm³/mol. The molecule has 0 aliphatic carbocycles. The van der Waals surface area contributed by atoms with Gasteiger partial charge < -0.3 is 0 Å². The summed E-state index contributed by atoms with van der Waals surface area (Å²) < 4.78 is 64.4. The standard InChI is InChI=1S/C18H16F5N5.CH4/c1-3-11(12-8-24-15(26-10(12)2)6-7-18(21,22)23)13-4-5-16-25-9-14(17(19)20)28(16)27-13;/h3-5,8-9,17H,6-7H2,1-2H3;1H4/b11-3+;. The van der Waals surface area contributed by atoms with E-state index in [-0.39, 0.29) is 31.0 Å². The minimum atomic E-state index is -4.28. The van der Waals surface area contributed by atoms with Crippen molar-refractivity contribution in [2.75, 3.05) is 0 Å². The van der Waals surface area contributed by atoms with Gasteiger partial charge in [0.05, 0.1) is 18.3 Å². The Morgan fingerprint density at radius 3 is 2.48 bits per heavy atom. The maximum absolute atomic E-state index is 13.1. The molecular weight excluding hydrogens is 393 g/mol. The minimum absolute atomic E-state index is 0. The minimum Gasteiger partial charge on any atom is -0.241 e. The smallest absolute Gasteiger partial charge is 0.241 e. The highest BCUT2D eigenvalue weighted by atomic mass is 19.4. The van der Waals surface area contributed by atoms with Crippen molar-refractivity contribution in [1.82, 2.24) is 24.6 Å². The summed E-state index contributed by atoms with van der Waals surface area (Å²) >= 11 is 0. The second-order valence-corrected chi connectivity index (χ2v) is 6.08. The molecular formula is C19H20F5N5. The molecule has 3 heterocycles. The van der Waals surface area contributed by atoms with E-state index in [0.29, 0.717) is 22.5 Å². The van der Waals surface area contributed by atoms with Crippen molar-refractivity contribution in [2.24, 2.45) is 0 Å². The van der Waals surface area contributed by atoms with Gasteiger partial charge in [0.15, 0.2) is 5.65 Å². The van der Waals surface area contributed by atoms with Crippen LogP contribution in [0.1, 0.15) is 55.7 Å². The molecule has 3 aromatic rings. The van der Waals surface area contributed by atoms with E-state index < -0.39 is 19.0 Å². The summed E-state index contributed by atoms with van der Waals surface area (Å²) in [6.45, 7) is 3.39. The zero-order valence-corrected chi connectivity index (χ0v) is 15.0. The van der Waals surface area contributed by atoms with E-state index in [9.17, 15) is 22.0 Å². The predicted octanol–water partition coefficient (Wildman–Crippen LogP) is 5.35. The van der Waals surface area contributed by atoms with E-state index in [2.05, 4.69) is 20.1 Å². The van der Waals surface area contributed by atoms with E-state index >= 15 is 0 Å². The molecule has 0 aliphatic heterocycles. The van der Waals surface area contributed by atoms with Crippen LogP contribution in [0.3, 0.4) is 0 Å². The first kappa shape index (κ1) is 22.4. The normalized spacial score (nSPS) is 12.5. The highest BCUT2D eigenvalue weighted by molar-refractivity contribution is 5.78. The number of halogens is 5. The molecule has 0 aromatic carbocycles. The molecule has 0 N–H and O–H groups in total. The molecule has 0 bridgehead atoms. The van der Waals surface area contributed by atoms with Gasteiger partial charge in [-0.15, -0.1) is 0 Å². The number of nitrogens with zero attached hydrogens (tertiary/aromatic N) is 5. The molecule has 5 nitrogen and oxygen atoms in total. The third kappa shape index (κ3) is 4.93. The quantitative estimate of drug-likeness (QED) is 0.530. The second-order valence-electron chi connectivity index (χ2n) is 6.08. The van der Waals surface area contributed by atoms with Crippen LogP contribution >= 0.6 is 0 Å². The topological polar surface area (TPSA) is 56.0 Å². The first-order valence-corrected chi connectivity index (χ1v) is 8.38. The largest absolute Gasteiger partial charge is 0.389 e. The Balaban J connectivity index is 0.00000300. The number of rotatable bonds is 5. The summed E-state index contributed by atoms with van der Waals surface area (Å²) in [7, 11) is 0. The van der Waals surface area contributed by atoms with E-state index in [1.807, 2.05) is 0 Å². The van der Waals surface area contributed by atoms with Gasteiger partial charge in [0, 0.05) is 29.4 Å². The van der Waals surface area contributed by atoms with Crippen molar-refractivity contribution < 1.29 is 22.0 Å². The molecule has 0 spiro atoms. The maximum Gasteiger partial charge on any atom is 0.389 e. The van der Waals surface area contributed by atoms with Gasteiger partial charge in [-0.05, 0) is 26.0 Å². The lowest BCUT2D eigenvalue weighted by Crippen LogP contribution is -2.11. The summed E-state index contributed by atoms with van der Waals surface area (Å²) in [6.07, 6.45) is -4.12. The summed E-state index contributed by atoms with van der Waals surface area (Å²) in [5, 5.41) is 4.24. The Kier molecular flexibility index (Phi) is 6.66. The maximum atomic E-state index is 13.1. The van der Waals surface area contributed by atoms with Crippen molar-refractivity contribution in [2.45, 2.75) is 46.7 Å². The molecule has 3 aromatic heterocycles. The number of allylic oxidation sites excluding steroid dienone is 1. The van der Waals surface area contributed by atoms with Gasteiger partial charge in [-0.3, -0.25) is 0 Å². The molecule has 0 atom stereocenters. The zero-order valence-electron chi connectivity index (χ0n) is 15.0. The number of fused-ring (bicyclic) bond motifs is 1. The van der Waals surface area contributed by atoms with Gasteiger partial charge in [0.2, 0.25) is 0 Å². The lowest BCUT2D eigenvalue weighted by Gasteiger charge is -2.12. The SMILES string of the molecule is C.C/C=C(/c1ccc2ncc(C(F)F)n2n1)c1cnc(CCC(F)(F)F)nc1C. The molecule has 156 valence electrons. The average Bonchev–Trinajstić information content (AvgIpc) is 3.05. The number of aryl methyl sites for hydroxylation is 2. The van der Waals surface area contributed by atoms with E-state index in [1.54, 1.807) is 32.1 Å². The third-order valence-electron chi connectivity index (χ3n) is 4.13. The number of alkyl halides is 5. The van der Waals surface area contributed by atoms with Gasteiger partial charge in [0.1, 0.15) is 11.5 Å². The van der Waals surface area contributed by atoms with Crippen LogP contribution in [0.25, 0.3) is 11.2 Å². The van der Waals surface area contributed by atoms with Crippen LogP contribution in [-0.2, 0) is 6.42 Å². The van der Waals surface area contributed by atoms with Gasteiger partial charge in [0.25, 0.3) is 6.43 Å². The zero-order chi connectivity index (χ0) is 20.5. The molecule has 0 radical (unpaired) electrons. The summed E-state index contributed by atoms with van der Waals surface area (Å²) in [6, 6.07) is 3.19. The molecule has 3 rings (SSSR count). The molecule has 0 saturated carbocycles. The third-order valence-corrected chi connectivity index (χ3v) is 4.13. The Bertz CT molecular complexity index is 1020. The summed E-state index contributed by atoms with van der Waals surface area (Å²) in [5.74, 6) is 0.0898. The highest BCUT2D eigenvalue weighted by Gasteiger charge is 2.27. The summed E-state index contributed by atoms with van der Waals surface area (Å²) in [5.41, 5.74) is 1.96. The van der Waals surface area contributed by atoms with Crippen LogP contribution < -0.4 is 0 Å². The van der Waals surface area contributed by atoms with Crippen LogP contribution in [0.2, 0.25) is 0 Å². The Hall–Kier alpha value is -2.91. The van der Waals surface area contributed by atoms with Crippen LogP contribution in [0.4, 0.5) is 22.0 Å². The van der Waals surface area contributed by atoms with Crippen LogP contribution in [0, 0.1) is 6.92 Å². The first-order valence-electron chi connectivity index (χ1n) is 8.38. The van der Waals surface area contributed by atoms with Gasteiger partial charge in [-0.1, -0.05) is 13.5 Å². The number of imidazole rings is 1. The Morgan fingerprint density at radius 2 is 1.90 bits per heavy atom. The Morgan fingerprint density at radius 1 is 1.17 bits per heavy atom. The highest BCUT2D eigenvalue weighted by Crippen LogP contribution is 2.26. The van der Waals surface area contributed by atoms with Gasteiger partial charge in [-0.25, -0.2) is 28.2 Å². The van der Waals surface area contributed by atoms with Crippen molar-refractivity contribution in [3.63, 3.8) is 0 Å². The number of aromatic nitrogens is 5. The van der Waals surface area contributed by atoms with Gasteiger partial charge in [-0.2, -0.15) is 18.3 Å². The van der Waals surface area contributed by atoms with Crippen molar-refractivity contribution in [3.8, 4) is 0 Å². The van der Waals surface area contributed by atoms with Crippen molar-refractivity contribution >= 4 is 11.2 Å². The van der Waals surface area contributed by atoms with E-state index in [0.717, 1.165) is 10.7 Å². The van der Waals surface area contributed by atoms with Crippen LogP contribution in [0.15, 0.2) is 30.6 Å². The number of hydrogen-bond donors (Lipinski definition) is 0. The Labute approximate surface area is 164 Å².